The topological polar surface area (TPSA) is 32.3 Å². The molecular weight excluding hydrogens is 296 g/mol. The Balaban J connectivity index is 2.02. The van der Waals surface area contributed by atoms with Gasteiger partial charge in [-0.25, -0.2) is 0 Å². The molecule has 0 saturated carbocycles. The number of nitrogens with one attached hydrogen (secondary N) is 1. The Labute approximate surface area is 150 Å². The van der Waals surface area contributed by atoms with E-state index in [9.17, 15) is 5.11 Å². The summed E-state index contributed by atoms with van der Waals surface area (Å²) < 4.78 is 0.669. The third-order valence-electron chi connectivity index (χ3n) is 5.45. The maximum Gasteiger partial charge on any atom is 0.193 e. The summed E-state index contributed by atoms with van der Waals surface area (Å²) in [6, 6.07) is 0. The molecule has 0 aromatic heterocycles. The van der Waals surface area contributed by atoms with E-state index in [1.54, 1.807) is 0 Å². The van der Waals surface area contributed by atoms with Gasteiger partial charge in [-0.1, -0.05) is 51.2 Å². The summed E-state index contributed by atoms with van der Waals surface area (Å²) in [7, 11) is 0. The van der Waals surface area contributed by atoms with Gasteiger partial charge in [0, 0.05) is 13.3 Å². The van der Waals surface area contributed by atoms with E-state index in [4.69, 9.17) is 0 Å². The zero-order chi connectivity index (χ0) is 17.7. The van der Waals surface area contributed by atoms with Crippen molar-refractivity contribution in [3.05, 3.63) is 24.6 Å². The van der Waals surface area contributed by atoms with Gasteiger partial charge in [-0.2, -0.15) is 0 Å². The highest BCUT2D eigenvalue weighted by molar-refractivity contribution is 4.84. The van der Waals surface area contributed by atoms with Crippen LogP contribution < -0.4 is 5.32 Å². The van der Waals surface area contributed by atoms with Crippen LogP contribution in [-0.2, 0) is 0 Å². The predicted molar refractivity (Wildman–Crippen MR) is 104 cm³/mol. The predicted octanol–water partition coefficient (Wildman–Crippen LogP) is 5.43. The van der Waals surface area contributed by atoms with Crippen molar-refractivity contribution in [2.24, 2.45) is 0 Å². The Morgan fingerprint density at radius 2 is 1.62 bits per heavy atom. The molecule has 3 atom stereocenters. The lowest BCUT2D eigenvalue weighted by Crippen LogP contribution is -2.57. The summed E-state index contributed by atoms with van der Waals surface area (Å²) in [5.74, 6) is 0. The monoisotopic (exact) mass is 337 g/mol. The molecule has 0 aromatic rings. The molecule has 3 unspecified atom stereocenters. The highest BCUT2D eigenvalue weighted by atomic mass is 16.3. The first-order valence-electron chi connectivity index (χ1n) is 10.3. The molecule has 0 spiro atoms. The van der Waals surface area contributed by atoms with Gasteiger partial charge in [-0.05, 0) is 39.0 Å². The van der Waals surface area contributed by atoms with Crippen molar-refractivity contribution in [2.45, 2.75) is 104 Å². The van der Waals surface area contributed by atoms with Gasteiger partial charge in [0.1, 0.15) is 6.20 Å². The van der Waals surface area contributed by atoms with Gasteiger partial charge >= 0.3 is 0 Å². The molecule has 140 valence electrons. The Bertz CT molecular complexity index is 365. The Morgan fingerprint density at radius 1 is 1.00 bits per heavy atom. The van der Waals surface area contributed by atoms with Crippen LogP contribution in [0.3, 0.4) is 0 Å². The molecule has 3 heteroatoms. The van der Waals surface area contributed by atoms with Crippen LogP contribution in [0.25, 0.3) is 0 Å². The molecule has 0 amide bonds. The van der Waals surface area contributed by atoms with Gasteiger partial charge in [0.05, 0.1) is 12.7 Å². The normalized spacial score (nSPS) is 24.6. The van der Waals surface area contributed by atoms with Crippen molar-refractivity contribution in [3.8, 4) is 0 Å². The summed E-state index contributed by atoms with van der Waals surface area (Å²) >= 11 is 0. The molecule has 0 aromatic carbocycles. The zero-order valence-corrected chi connectivity index (χ0v) is 16.3. The van der Waals surface area contributed by atoms with E-state index >= 15 is 0 Å². The van der Waals surface area contributed by atoms with Crippen molar-refractivity contribution >= 4 is 0 Å². The van der Waals surface area contributed by atoms with Crippen LogP contribution in [0.5, 0.6) is 0 Å². The number of aliphatic hydroxyl groups is 1. The first-order valence-corrected chi connectivity index (χ1v) is 10.3. The number of unbranched alkanes of at least 4 members (excludes halogenated alkanes) is 8. The zero-order valence-electron chi connectivity index (χ0n) is 16.3. The quantitative estimate of drug-likeness (QED) is 0.252. The van der Waals surface area contributed by atoms with Crippen molar-refractivity contribution in [1.82, 2.24) is 5.32 Å². The Kier molecular flexibility index (Phi) is 11.1. The average molecular weight is 338 g/mol. The number of hydrogen-bond donors (Lipinski definition) is 2. The average Bonchev–Trinajstić information content (AvgIpc) is 3.00. The molecule has 0 bridgehead atoms. The standard InChI is InChI=1S/C21H41N2O/c1-4-6-7-8-9-10-11-12-13-14-15-16-17-21-22-18-19-23(21,5-2)20(3)24/h9-10,18-22,24H,4-8,11-17H2,1-3H3/q+1/b10-9+. The molecule has 0 aliphatic carbocycles. The van der Waals surface area contributed by atoms with Crippen LogP contribution in [0.15, 0.2) is 24.6 Å². The number of quaternary nitrogens is 1. The SMILES string of the molecule is CCCCC/C=C/CCCCCCCC1NC=C[N+]1(CC)C(C)O. The molecule has 0 radical (unpaired) electrons. The van der Waals surface area contributed by atoms with Gasteiger partial charge in [0.25, 0.3) is 0 Å². The third kappa shape index (κ3) is 6.98. The minimum absolute atomic E-state index is 0.338. The van der Waals surface area contributed by atoms with Gasteiger partial charge in [0.15, 0.2) is 12.4 Å². The van der Waals surface area contributed by atoms with Gasteiger partial charge in [-0.3, -0.25) is 4.48 Å². The molecule has 3 nitrogen and oxygen atoms in total. The van der Waals surface area contributed by atoms with Crippen molar-refractivity contribution in [2.75, 3.05) is 6.54 Å². The molecule has 1 aliphatic rings. The minimum Gasteiger partial charge on any atom is -0.345 e. The molecule has 1 rings (SSSR count). The van der Waals surface area contributed by atoms with E-state index in [1.165, 1.54) is 64.2 Å². The van der Waals surface area contributed by atoms with Crippen LogP contribution in [0.1, 0.15) is 91.4 Å². The second-order valence-corrected chi connectivity index (χ2v) is 7.25. The third-order valence-corrected chi connectivity index (χ3v) is 5.45. The van der Waals surface area contributed by atoms with Gasteiger partial charge in [0.2, 0.25) is 0 Å². The maximum absolute atomic E-state index is 10.1. The van der Waals surface area contributed by atoms with Gasteiger partial charge < -0.3 is 10.4 Å². The van der Waals surface area contributed by atoms with E-state index in [1.807, 2.05) is 13.1 Å². The highest BCUT2D eigenvalue weighted by Crippen LogP contribution is 2.25. The highest BCUT2D eigenvalue weighted by Gasteiger charge is 2.40. The second-order valence-electron chi connectivity index (χ2n) is 7.25. The van der Waals surface area contributed by atoms with Crippen LogP contribution in [0.2, 0.25) is 0 Å². The number of rotatable bonds is 14. The second kappa shape index (κ2) is 12.5. The van der Waals surface area contributed by atoms with E-state index < -0.39 is 0 Å². The van der Waals surface area contributed by atoms with Crippen molar-refractivity contribution < 1.29 is 9.59 Å². The molecule has 24 heavy (non-hydrogen) atoms. The Morgan fingerprint density at radius 3 is 2.25 bits per heavy atom. The largest absolute Gasteiger partial charge is 0.345 e. The fraction of sp³-hybridized carbons (Fsp3) is 0.810. The van der Waals surface area contributed by atoms with E-state index in [0.717, 1.165) is 13.0 Å². The number of nitrogens with zero attached hydrogens (tertiary/aromatic N) is 1. The number of hydrogen-bond acceptors (Lipinski definition) is 2. The number of aliphatic hydroxyl groups excluding tert-OH is 1. The summed E-state index contributed by atoms with van der Waals surface area (Å²) in [5, 5.41) is 13.6. The molecule has 0 saturated heterocycles. The smallest absolute Gasteiger partial charge is 0.193 e. The minimum atomic E-state index is -0.338. The summed E-state index contributed by atoms with van der Waals surface area (Å²) in [4.78, 5) is 0. The van der Waals surface area contributed by atoms with Crippen LogP contribution in [0.4, 0.5) is 0 Å². The van der Waals surface area contributed by atoms with Crippen molar-refractivity contribution in [1.29, 1.82) is 0 Å². The lowest BCUT2D eigenvalue weighted by Gasteiger charge is -2.39. The fourth-order valence-corrected chi connectivity index (χ4v) is 3.71. The van der Waals surface area contributed by atoms with E-state index in [0.29, 0.717) is 10.6 Å². The maximum atomic E-state index is 10.1. The molecule has 0 fully saturated rings. The molecule has 1 heterocycles. The van der Waals surface area contributed by atoms with Gasteiger partial charge in [-0.15, -0.1) is 0 Å². The van der Waals surface area contributed by atoms with Crippen LogP contribution >= 0.6 is 0 Å². The summed E-state index contributed by atoms with van der Waals surface area (Å²) in [6.45, 7) is 7.27. The first kappa shape index (κ1) is 21.2. The van der Waals surface area contributed by atoms with E-state index in [-0.39, 0.29) is 6.23 Å². The lowest BCUT2D eigenvalue weighted by molar-refractivity contribution is -0.942. The molecule has 1 aliphatic heterocycles. The fourth-order valence-electron chi connectivity index (χ4n) is 3.71. The number of allylic oxidation sites excluding steroid dienone is 2. The summed E-state index contributed by atoms with van der Waals surface area (Å²) in [6.07, 6.45) is 23.2. The van der Waals surface area contributed by atoms with Crippen LogP contribution in [-0.4, -0.2) is 28.5 Å². The van der Waals surface area contributed by atoms with E-state index in [2.05, 4.69) is 37.5 Å². The summed E-state index contributed by atoms with van der Waals surface area (Å²) in [5.41, 5.74) is 0. The van der Waals surface area contributed by atoms with Crippen molar-refractivity contribution in [3.63, 3.8) is 0 Å². The Hall–Kier alpha value is -0.800. The molecule has 2 N–H and O–H groups in total. The van der Waals surface area contributed by atoms with Crippen LogP contribution in [0, 0.1) is 0 Å². The first-order chi connectivity index (χ1) is 11.7. The lowest BCUT2D eigenvalue weighted by atomic mass is 10.1. The molecular formula is C21H41N2O+.